The molecule has 0 bridgehead atoms. The van der Waals surface area contributed by atoms with E-state index in [2.05, 4.69) is 28.8 Å². The van der Waals surface area contributed by atoms with Crippen molar-refractivity contribution >= 4 is 0 Å². The highest BCUT2D eigenvalue weighted by molar-refractivity contribution is 5.25. The predicted molar refractivity (Wildman–Crippen MR) is 113 cm³/mol. The molecule has 0 unspecified atom stereocenters. The molecule has 0 aliphatic heterocycles. The number of aliphatic hydroxyl groups is 2. The Labute approximate surface area is 166 Å². The fraction of sp³-hybridized carbons (Fsp3) is 0.250. The van der Waals surface area contributed by atoms with Gasteiger partial charge in [-0.25, -0.2) is 0 Å². The summed E-state index contributed by atoms with van der Waals surface area (Å²) in [4.78, 5) is 0. The van der Waals surface area contributed by atoms with Crippen LogP contribution in [0.25, 0.3) is 0 Å². The second kappa shape index (κ2) is 10.7. The van der Waals surface area contributed by atoms with Crippen molar-refractivity contribution < 1.29 is 10.2 Å². The number of nitrogens with one attached hydrogen (secondary N) is 2. The minimum absolute atomic E-state index is 0.0561. The van der Waals surface area contributed by atoms with E-state index in [0.717, 1.165) is 22.3 Å². The Kier molecular flexibility index (Phi) is 7.76. The van der Waals surface area contributed by atoms with Crippen LogP contribution in [0.5, 0.6) is 0 Å². The minimum Gasteiger partial charge on any atom is -0.394 e. The van der Waals surface area contributed by atoms with Crippen LogP contribution in [0.3, 0.4) is 0 Å². The Balaban J connectivity index is 1.57. The molecule has 0 radical (unpaired) electrons. The topological polar surface area (TPSA) is 64.5 Å². The molecule has 146 valence electrons. The van der Waals surface area contributed by atoms with Crippen molar-refractivity contribution in [2.24, 2.45) is 0 Å². The summed E-state index contributed by atoms with van der Waals surface area (Å²) in [5, 5.41) is 26.2. The molecule has 0 saturated carbocycles. The summed E-state index contributed by atoms with van der Waals surface area (Å²) in [5.74, 6) is 0. The van der Waals surface area contributed by atoms with E-state index in [1.807, 2.05) is 66.7 Å². The molecule has 4 N–H and O–H groups in total. The number of benzene rings is 3. The molecule has 3 aromatic rings. The average Bonchev–Trinajstić information content (AvgIpc) is 2.76. The maximum atomic E-state index is 9.70. The number of hydrogen-bond acceptors (Lipinski definition) is 4. The minimum atomic E-state index is -0.0835. The molecule has 2 atom stereocenters. The first kappa shape index (κ1) is 20.2. The number of rotatable bonds is 10. The summed E-state index contributed by atoms with van der Waals surface area (Å²) < 4.78 is 0. The lowest BCUT2D eigenvalue weighted by atomic mass is 10.1. The van der Waals surface area contributed by atoms with Gasteiger partial charge in [-0.3, -0.25) is 0 Å². The maximum absolute atomic E-state index is 9.70. The smallest absolute Gasteiger partial charge is 0.0626 e. The molecule has 3 aromatic carbocycles. The van der Waals surface area contributed by atoms with Crippen molar-refractivity contribution in [3.63, 3.8) is 0 Å². The van der Waals surface area contributed by atoms with Gasteiger partial charge in [-0.15, -0.1) is 0 Å². The Morgan fingerprint density at radius 2 is 1.00 bits per heavy atom. The Morgan fingerprint density at radius 1 is 0.571 bits per heavy atom. The van der Waals surface area contributed by atoms with Gasteiger partial charge in [0.25, 0.3) is 0 Å². The molecular weight excluding hydrogens is 348 g/mol. The standard InChI is InChI=1S/C24H28N2O2/c27-17-23(21-10-3-1-4-11-21)25-15-19-8-7-9-20(14-19)16-26-24(18-28)22-12-5-2-6-13-22/h1-14,23-28H,15-18H2/t23-,24-/m0/s1. The highest BCUT2D eigenvalue weighted by atomic mass is 16.3. The van der Waals surface area contributed by atoms with Gasteiger partial charge in [-0.1, -0.05) is 84.9 Å². The van der Waals surface area contributed by atoms with Crippen LogP contribution in [0.15, 0.2) is 84.9 Å². The average molecular weight is 377 g/mol. The van der Waals surface area contributed by atoms with Gasteiger partial charge in [0.15, 0.2) is 0 Å². The van der Waals surface area contributed by atoms with Crippen LogP contribution in [-0.4, -0.2) is 23.4 Å². The van der Waals surface area contributed by atoms with E-state index in [1.165, 1.54) is 0 Å². The fourth-order valence-corrected chi connectivity index (χ4v) is 3.28. The summed E-state index contributed by atoms with van der Waals surface area (Å²) in [6.45, 7) is 1.47. The van der Waals surface area contributed by atoms with Crippen molar-refractivity contribution in [2.75, 3.05) is 13.2 Å². The molecule has 0 saturated heterocycles. The van der Waals surface area contributed by atoms with Gasteiger partial charge >= 0.3 is 0 Å². The molecule has 28 heavy (non-hydrogen) atoms. The van der Waals surface area contributed by atoms with Crippen molar-refractivity contribution in [3.05, 3.63) is 107 Å². The van der Waals surface area contributed by atoms with Crippen molar-refractivity contribution in [1.29, 1.82) is 0 Å². The first-order valence-corrected chi connectivity index (χ1v) is 9.66. The molecule has 4 heteroatoms. The van der Waals surface area contributed by atoms with Crippen molar-refractivity contribution in [3.8, 4) is 0 Å². The van der Waals surface area contributed by atoms with E-state index in [-0.39, 0.29) is 25.3 Å². The van der Waals surface area contributed by atoms with E-state index >= 15 is 0 Å². The Bertz CT molecular complexity index is 758. The van der Waals surface area contributed by atoms with Gasteiger partial charge < -0.3 is 20.8 Å². The first-order chi connectivity index (χ1) is 13.8. The lowest BCUT2D eigenvalue weighted by molar-refractivity contribution is 0.243. The van der Waals surface area contributed by atoms with Crippen LogP contribution in [0, 0.1) is 0 Å². The highest BCUT2D eigenvalue weighted by Gasteiger charge is 2.11. The molecule has 0 fully saturated rings. The Morgan fingerprint density at radius 3 is 1.39 bits per heavy atom. The lowest BCUT2D eigenvalue weighted by Gasteiger charge is -2.18. The normalized spacial score (nSPS) is 13.2. The van der Waals surface area contributed by atoms with E-state index < -0.39 is 0 Å². The van der Waals surface area contributed by atoms with Crippen LogP contribution in [0.4, 0.5) is 0 Å². The second-order valence-corrected chi connectivity index (χ2v) is 6.87. The van der Waals surface area contributed by atoms with Crippen molar-refractivity contribution in [2.45, 2.75) is 25.2 Å². The number of aliphatic hydroxyl groups excluding tert-OH is 2. The zero-order valence-electron chi connectivity index (χ0n) is 16.0. The fourth-order valence-electron chi connectivity index (χ4n) is 3.28. The third kappa shape index (κ3) is 5.75. The third-order valence-electron chi connectivity index (χ3n) is 4.87. The molecule has 0 amide bonds. The van der Waals surface area contributed by atoms with Gasteiger partial charge in [0.2, 0.25) is 0 Å². The number of hydrogen-bond donors (Lipinski definition) is 4. The molecule has 0 spiro atoms. The van der Waals surface area contributed by atoms with Crippen molar-refractivity contribution in [1.82, 2.24) is 10.6 Å². The second-order valence-electron chi connectivity index (χ2n) is 6.87. The van der Waals surface area contributed by atoms with Crippen LogP contribution in [-0.2, 0) is 13.1 Å². The van der Waals surface area contributed by atoms with Gasteiger partial charge in [-0.2, -0.15) is 0 Å². The molecule has 0 aliphatic rings. The molecule has 3 rings (SSSR count). The van der Waals surface area contributed by atoms with E-state index in [9.17, 15) is 10.2 Å². The zero-order chi connectivity index (χ0) is 19.6. The van der Waals surface area contributed by atoms with Crippen LogP contribution >= 0.6 is 0 Å². The predicted octanol–water partition coefficient (Wildman–Crippen LogP) is 3.33. The van der Waals surface area contributed by atoms with Crippen LogP contribution < -0.4 is 10.6 Å². The van der Waals surface area contributed by atoms with E-state index in [0.29, 0.717) is 13.1 Å². The SMILES string of the molecule is OC[C@H](NCc1cccc(CN[C@@H](CO)c2ccccc2)c1)c1ccccc1. The van der Waals surface area contributed by atoms with Gasteiger partial charge in [0.05, 0.1) is 25.3 Å². The summed E-state index contributed by atoms with van der Waals surface area (Å²) in [7, 11) is 0. The molecule has 4 nitrogen and oxygen atoms in total. The molecule has 0 aliphatic carbocycles. The quantitative estimate of drug-likeness (QED) is 0.438. The molecule has 0 heterocycles. The summed E-state index contributed by atoms with van der Waals surface area (Å²) in [6.07, 6.45) is 0. The van der Waals surface area contributed by atoms with Crippen LogP contribution in [0.1, 0.15) is 34.3 Å². The van der Waals surface area contributed by atoms with E-state index in [1.54, 1.807) is 0 Å². The van der Waals surface area contributed by atoms with Crippen LogP contribution in [0.2, 0.25) is 0 Å². The largest absolute Gasteiger partial charge is 0.394 e. The van der Waals surface area contributed by atoms with E-state index in [4.69, 9.17) is 0 Å². The van der Waals surface area contributed by atoms with Gasteiger partial charge in [0.1, 0.15) is 0 Å². The summed E-state index contributed by atoms with van der Waals surface area (Å²) >= 11 is 0. The zero-order valence-corrected chi connectivity index (χ0v) is 16.0. The maximum Gasteiger partial charge on any atom is 0.0626 e. The molecule has 0 aromatic heterocycles. The highest BCUT2D eigenvalue weighted by Crippen LogP contribution is 2.15. The Hall–Kier alpha value is -2.50. The van der Waals surface area contributed by atoms with Gasteiger partial charge in [0, 0.05) is 13.1 Å². The monoisotopic (exact) mass is 376 g/mol. The first-order valence-electron chi connectivity index (χ1n) is 9.66. The third-order valence-corrected chi connectivity index (χ3v) is 4.87. The van der Waals surface area contributed by atoms with Gasteiger partial charge in [-0.05, 0) is 22.3 Å². The molecular formula is C24H28N2O2. The lowest BCUT2D eigenvalue weighted by Crippen LogP contribution is -2.25. The summed E-state index contributed by atoms with van der Waals surface area (Å²) in [6, 6.07) is 28.2. The summed E-state index contributed by atoms with van der Waals surface area (Å²) in [5.41, 5.74) is 4.48.